The molecule has 2 aliphatic carbocycles. The van der Waals surface area contributed by atoms with E-state index in [1.54, 1.807) is 0 Å². The first kappa shape index (κ1) is 12.0. The fraction of sp³-hybridized carbons (Fsp3) is 1.00. The third-order valence-electron chi connectivity index (χ3n) is 5.27. The lowest BCUT2D eigenvalue weighted by molar-refractivity contribution is 0.0683. The van der Waals surface area contributed by atoms with Gasteiger partial charge in [0, 0.05) is 19.1 Å². The van der Waals surface area contributed by atoms with Crippen molar-refractivity contribution in [1.29, 1.82) is 0 Å². The van der Waals surface area contributed by atoms with Gasteiger partial charge < -0.3 is 10.2 Å². The lowest BCUT2D eigenvalue weighted by atomic mass is 9.68. The number of hydrogen-bond acceptors (Lipinski definition) is 2. The second kappa shape index (κ2) is 5.27. The van der Waals surface area contributed by atoms with Gasteiger partial charge in [-0.05, 0) is 57.0 Å². The smallest absolute Gasteiger partial charge is 0.0107 e. The van der Waals surface area contributed by atoms with Gasteiger partial charge in [-0.25, -0.2) is 0 Å². The second-order valence-corrected chi connectivity index (χ2v) is 6.63. The highest BCUT2D eigenvalue weighted by Gasteiger charge is 2.35. The Morgan fingerprint density at radius 1 is 0.941 bits per heavy atom. The molecule has 0 atom stereocenters. The summed E-state index contributed by atoms with van der Waals surface area (Å²) in [6.07, 6.45) is 13.4. The van der Waals surface area contributed by atoms with E-state index in [4.69, 9.17) is 0 Å². The molecule has 0 aromatic heterocycles. The molecule has 3 aliphatic rings. The van der Waals surface area contributed by atoms with Gasteiger partial charge in [0.2, 0.25) is 0 Å². The van der Waals surface area contributed by atoms with Gasteiger partial charge in [0.15, 0.2) is 0 Å². The number of nitrogens with one attached hydrogen (secondary N) is 1. The van der Waals surface area contributed by atoms with Gasteiger partial charge in [0.25, 0.3) is 0 Å². The van der Waals surface area contributed by atoms with Crippen LogP contribution in [0.2, 0.25) is 0 Å². The van der Waals surface area contributed by atoms with E-state index in [2.05, 4.69) is 10.2 Å². The Morgan fingerprint density at radius 3 is 2.29 bits per heavy atom. The lowest BCUT2D eigenvalue weighted by Crippen LogP contribution is -2.43. The van der Waals surface area contributed by atoms with E-state index in [1.165, 1.54) is 84.0 Å². The van der Waals surface area contributed by atoms with Gasteiger partial charge >= 0.3 is 0 Å². The normalized spacial score (nSPS) is 29.6. The molecular formula is C15H28N2. The van der Waals surface area contributed by atoms with Crippen molar-refractivity contribution in [2.24, 2.45) is 5.41 Å². The Hall–Kier alpha value is -0.0800. The van der Waals surface area contributed by atoms with Crippen LogP contribution in [0.4, 0.5) is 0 Å². The minimum atomic E-state index is 0.776. The van der Waals surface area contributed by atoms with Gasteiger partial charge in [0.05, 0.1) is 0 Å². The van der Waals surface area contributed by atoms with Crippen LogP contribution in [-0.2, 0) is 0 Å². The summed E-state index contributed by atoms with van der Waals surface area (Å²) < 4.78 is 0. The first-order chi connectivity index (χ1) is 8.36. The first-order valence-corrected chi connectivity index (χ1v) is 7.82. The van der Waals surface area contributed by atoms with E-state index in [1.807, 2.05) is 0 Å². The van der Waals surface area contributed by atoms with Crippen LogP contribution >= 0.6 is 0 Å². The summed E-state index contributed by atoms with van der Waals surface area (Å²) >= 11 is 0. The van der Waals surface area contributed by atoms with Crippen LogP contribution in [-0.4, -0.2) is 37.1 Å². The minimum Gasteiger partial charge on any atom is -0.313 e. The molecule has 3 rings (SSSR count). The van der Waals surface area contributed by atoms with Gasteiger partial charge in [-0.15, -0.1) is 0 Å². The Morgan fingerprint density at radius 2 is 1.65 bits per heavy atom. The highest BCUT2D eigenvalue weighted by molar-refractivity contribution is 4.88. The number of nitrogens with zero attached hydrogens (tertiary/aromatic N) is 1. The van der Waals surface area contributed by atoms with Crippen LogP contribution in [0.25, 0.3) is 0 Å². The summed E-state index contributed by atoms with van der Waals surface area (Å²) in [4.78, 5) is 2.69. The predicted molar refractivity (Wildman–Crippen MR) is 72.2 cm³/mol. The van der Waals surface area contributed by atoms with Crippen molar-refractivity contribution in [3.05, 3.63) is 0 Å². The van der Waals surface area contributed by atoms with Crippen LogP contribution < -0.4 is 5.32 Å². The molecule has 1 spiro atoms. The van der Waals surface area contributed by atoms with E-state index < -0.39 is 0 Å². The van der Waals surface area contributed by atoms with Gasteiger partial charge in [-0.3, -0.25) is 0 Å². The van der Waals surface area contributed by atoms with Crippen molar-refractivity contribution >= 4 is 0 Å². The summed E-state index contributed by atoms with van der Waals surface area (Å²) in [6.45, 7) is 5.24. The average Bonchev–Trinajstić information content (AvgIpc) is 3.17. The fourth-order valence-corrected chi connectivity index (χ4v) is 3.77. The molecule has 0 bridgehead atoms. The minimum absolute atomic E-state index is 0.776. The maximum atomic E-state index is 3.63. The van der Waals surface area contributed by atoms with E-state index >= 15 is 0 Å². The Balaban J connectivity index is 1.37. The standard InChI is InChI=1S/C15H28N2/c1-2-6-15(7-3-1)8-11-17(12-9-15)13-10-16-14-4-5-14/h14,16H,1-13H2. The highest BCUT2D eigenvalue weighted by Crippen LogP contribution is 2.44. The summed E-state index contributed by atoms with van der Waals surface area (Å²) in [6, 6.07) is 0.879. The molecular weight excluding hydrogens is 208 g/mol. The molecule has 1 N–H and O–H groups in total. The SMILES string of the molecule is C1CCC2(CC1)CCN(CCNC1CC1)CC2. The number of likely N-dealkylation sites (tertiary alicyclic amines) is 1. The number of hydrogen-bond donors (Lipinski definition) is 1. The van der Waals surface area contributed by atoms with Crippen molar-refractivity contribution in [2.45, 2.75) is 63.8 Å². The zero-order chi connectivity index (χ0) is 11.6. The van der Waals surface area contributed by atoms with E-state index in [-0.39, 0.29) is 0 Å². The third kappa shape index (κ3) is 3.23. The Labute approximate surface area is 106 Å². The zero-order valence-electron chi connectivity index (χ0n) is 11.2. The molecule has 98 valence electrons. The van der Waals surface area contributed by atoms with E-state index in [9.17, 15) is 0 Å². The third-order valence-corrected chi connectivity index (χ3v) is 5.27. The summed E-state index contributed by atoms with van der Waals surface area (Å²) in [5, 5.41) is 3.63. The lowest BCUT2D eigenvalue weighted by Gasteiger charge is -2.44. The van der Waals surface area contributed by atoms with Crippen LogP contribution in [0, 0.1) is 5.41 Å². The summed E-state index contributed by atoms with van der Waals surface area (Å²) in [5.74, 6) is 0. The fourth-order valence-electron chi connectivity index (χ4n) is 3.77. The van der Waals surface area contributed by atoms with Crippen molar-refractivity contribution in [3.8, 4) is 0 Å². The monoisotopic (exact) mass is 236 g/mol. The molecule has 0 amide bonds. The van der Waals surface area contributed by atoms with Gasteiger partial charge in [-0.2, -0.15) is 0 Å². The molecule has 1 saturated heterocycles. The molecule has 0 unspecified atom stereocenters. The second-order valence-electron chi connectivity index (χ2n) is 6.63. The average molecular weight is 236 g/mol. The predicted octanol–water partition coefficient (Wildman–Crippen LogP) is 2.78. The molecule has 3 fully saturated rings. The van der Waals surface area contributed by atoms with Crippen molar-refractivity contribution in [2.75, 3.05) is 26.2 Å². The molecule has 2 nitrogen and oxygen atoms in total. The van der Waals surface area contributed by atoms with E-state index in [0.717, 1.165) is 11.5 Å². The zero-order valence-corrected chi connectivity index (χ0v) is 11.2. The molecule has 2 saturated carbocycles. The number of piperidine rings is 1. The number of rotatable bonds is 4. The van der Waals surface area contributed by atoms with Gasteiger partial charge in [-0.1, -0.05) is 19.3 Å². The Bertz CT molecular complexity index is 231. The topological polar surface area (TPSA) is 15.3 Å². The van der Waals surface area contributed by atoms with Crippen molar-refractivity contribution < 1.29 is 0 Å². The molecule has 1 aliphatic heterocycles. The van der Waals surface area contributed by atoms with E-state index in [0.29, 0.717) is 0 Å². The first-order valence-electron chi connectivity index (χ1n) is 7.82. The maximum absolute atomic E-state index is 3.63. The van der Waals surface area contributed by atoms with Gasteiger partial charge in [0.1, 0.15) is 0 Å². The Kier molecular flexibility index (Phi) is 3.72. The van der Waals surface area contributed by atoms with Crippen LogP contribution in [0.15, 0.2) is 0 Å². The molecule has 2 heteroatoms. The quantitative estimate of drug-likeness (QED) is 0.807. The molecule has 17 heavy (non-hydrogen) atoms. The summed E-state index contributed by atoms with van der Waals surface area (Å²) in [7, 11) is 0. The van der Waals surface area contributed by atoms with Crippen molar-refractivity contribution in [3.63, 3.8) is 0 Å². The molecule has 1 heterocycles. The maximum Gasteiger partial charge on any atom is 0.0107 e. The van der Waals surface area contributed by atoms with Crippen LogP contribution in [0.1, 0.15) is 57.8 Å². The molecule has 0 aromatic carbocycles. The molecule has 0 aromatic rings. The highest BCUT2D eigenvalue weighted by atomic mass is 15.1. The van der Waals surface area contributed by atoms with Crippen LogP contribution in [0.5, 0.6) is 0 Å². The molecule has 0 radical (unpaired) electrons. The largest absolute Gasteiger partial charge is 0.313 e. The van der Waals surface area contributed by atoms with Crippen molar-refractivity contribution in [1.82, 2.24) is 10.2 Å². The van der Waals surface area contributed by atoms with Crippen LogP contribution in [0.3, 0.4) is 0 Å². The summed E-state index contributed by atoms with van der Waals surface area (Å²) in [5.41, 5.74) is 0.776.